The quantitative estimate of drug-likeness (QED) is 0.399. The molecule has 10 nitrogen and oxygen atoms in total. The number of piperidine rings is 2. The van der Waals surface area contributed by atoms with E-state index < -0.39 is 0 Å². The summed E-state index contributed by atoms with van der Waals surface area (Å²) in [6.45, 7) is 3.59. The zero-order valence-corrected chi connectivity index (χ0v) is 23.8. The number of aliphatic hydroxyl groups excluding tert-OH is 1. The Morgan fingerprint density at radius 3 is 2.76 bits per heavy atom. The van der Waals surface area contributed by atoms with Crippen molar-refractivity contribution in [3.8, 4) is 11.5 Å². The molecule has 4 aliphatic rings. The lowest BCUT2D eigenvalue weighted by atomic mass is 9.86. The highest BCUT2D eigenvalue weighted by atomic mass is 32.2. The zero-order valence-electron chi connectivity index (χ0n) is 23.0. The first-order chi connectivity index (χ1) is 19.9. The third kappa shape index (κ3) is 5.53. The molecule has 4 amide bonds. The molecular formula is C30H35N5O5S. The lowest BCUT2D eigenvalue weighted by molar-refractivity contribution is -0.134. The van der Waals surface area contributed by atoms with E-state index in [-0.39, 0.29) is 54.2 Å². The van der Waals surface area contributed by atoms with Crippen LogP contribution in [0.15, 0.2) is 59.1 Å². The lowest BCUT2D eigenvalue weighted by Crippen LogP contribution is -2.62. The van der Waals surface area contributed by atoms with Gasteiger partial charge in [0.05, 0.1) is 22.9 Å². The van der Waals surface area contributed by atoms with Crippen LogP contribution in [0.3, 0.4) is 0 Å². The second-order valence-corrected chi connectivity index (χ2v) is 12.1. The summed E-state index contributed by atoms with van der Waals surface area (Å²) in [6.07, 6.45) is 2.42. The number of aryl methyl sites for hydroxylation is 1. The summed E-state index contributed by atoms with van der Waals surface area (Å²) in [6, 6.07) is 14.8. The van der Waals surface area contributed by atoms with Crippen LogP contribution in [0, 0.1) is 12.8 Å². The number of hydrogen-bond acceptors (Lipinski definition) is 7. The molecule has 3 saturated heterocycles. The summed E-state index contributed by atoms with van der Waals surface area (Å²) in [5.74, 6) is 1.08. The maximum atomic E-state index is 13.6. The fourth-order valence-electron chi connectivity index (χ4n) is 6.31. The number of benzene rings is 2. The number of thioether (sulfide) groups is 1. The van der Waals surface area contributed by atoms with Crippen LogP contribution < -0.4 is 25.6 Å². The average Bonchev–Trinajstić information content (AvgIpc) is 3.34. The van der Waals surface area contributed by atoms with Gasteiger partial charge in [0.15, 0.2) is 0 Å². The Bertz CT molecular complexity index is 1370. The van der Waals surface area contributed by atoms with Gasteiger partial charge in [0, 0.05) is 42.9 Å². The summed E-state index contributed by atoms with van der Waals surface area (Å²) in [4.78, 5) is 43.5. The number of carbonyl (C=O) groups excluding carboxylic acids is 3. The van der Waals surface area contributed by atoms with Crippen molar-refractivity contribution in [3.05, 3.63) is 64.7 Å². The largest absolute Gasteiger partial charge is 0.457 e. The first kappa shape index (κ1) is 27.6. The Labute approximate surface area is 243 Å². The van der Waals surface area contributed by atoms with Gasteiger partial charge in [0.1, 0.15) is 11.5 Å². The summed E-state index contributed by atoms with van der Waals surface area (Å²) >= 11 is 1.47. The van der Waals surface area contributed by atoms with Gasteiger partial charge in [-0.05, 0) is 68.6 Å². The molecule has 216 valence electrons. The standard InChI is InChI=1S/C30H35N5O5S/c1-18-16-21(40-20-7-3-2-4-8-20)9-10-22(18)35-23-11-13-31-29-25(23)26(33-30(35)39)27(41-29)28(38)32-19-6-5-14-34(17-19)24(37)12-15-36/h2-4,7-10,16,19,23,25,29,31,36H,5-6,11-15,17H2,1H3,(H,32,38)(H,33,39)/t19-,23?,25?,29?/m1/s1. The number of nitrogens with zero attached hydrogens (tertiary/aromatic N) is 2. The van der Waals surface area contributed by atoms with Crippen molar-refractivity contribution < 1.29 is 24.2 Å². The van der Waals surface area contributed by atoms with E-state index in [1.54, 1.807) is 4.90 Å². The van der Waals surface area contributed by atoms with Crippen LogP contribution in [0.4, 0.5) is 10.5 Å². The van der Waals surface area contributed by atoms with Crippen molar-refractivity contribution in [1.29, 1.82) is 0 Å². The summed E-state index contributed by atoms with van der Waals surface area (Å²) in [5.41, 5.74) is 2.43. The highest BCUT2D eigenvalue weighted by Crippen LogP contribution is 2.48. The SMILES string of the molecule is Cc1cc(Oc2ccccc2)ccc1N1C(=O)NC2=C(C(=O)N[C@@H]3CCCN(C(=O)CCO)C3)SC3NCCC1C23. The van der Waals surface area contributed by atoms with Gasteiger partial charge < -0.3 is 30.7 Å². The Hall–Kier alpha value is -3.54. The van der Waals surface area contributed by atoms with Gasteiger partial charge in [-0.25, -0.2) is 4.79 Å². The molecule has 4 heterocycles. The Morgan fingerprint density at radius 2 is 1.98 bits per heavy atom. The maximum Gasteiger partial charge on any atom is 0.326 e. The highest BCUT2D eigenvalue weighted by Gasteiger charge is 2.52. The van der Waals surface area contributed by atoms with Crippen LogP contribution in [0.2, 0.25) is 0 Å². The van der Waals surface area contributed by atoms with Crippen LogP contribution in [-0.2, 0) is 9.59 Å². The molecule has 2 aromatic carbocycles. The molecular weight excluding hydrogens is 542 g/mol. The number of para-hydroxylation sites is 1. The lowest BCUT2D eigenvalue weighted by Gasteiger charge is -2.46. The van der Waals surface area contributed by atoms with E-state index in [0.29, 0.717) is 29.4 Å². The number of hydrogen-bond donors (Lipinski definition) is 4. The molecule has 2 aromatic rings. The fourth-order valence-corrected chi connectivity index (χ4v) is 7.71. The number of aliphatic hydroxyl groups is 1. The third-order valence-electron chi connectivity index (χ3n) is 8.19. The van der Waals surface area contributed by atoms with E-state index in [9.17, 15) is 14.4 Å². The summed E-state index contributed by atoms with van der Waals surface area (Å²) in [7, 11) is 0. The van der Waals surface area contributed by atoms with Crippen molar-refractivity contribution in [2.24, 2.45) is 5.92 Å². The number of anilines is 1. The van der Waals surface area contributed by atoms with Crippen LogP contribution in [0.25, 0.3) is 0 Å². The summed E-state index contributed by atoms with van der Waals surface area (Å²) in [5, 5.41) is 18.8. The first-order valence-corrected chi connectivity index (χ1v) is 15.1. The van der Waals surface area contributed by atoms with Gasteiger partial charge in [-0.15, -0.1) is 0 Å². The molecule has 0 saturated carbocycles. The number of carbonyl (C=O) groups is 3. The van der Waals surface area contributed by atoms with Crippen molar-refractivity contribution in [3.63, 3.8) is 0 Å². The molecule has 4 N–H and O–H groups in total. The van der Waals surface area contributed by atoms with E-state index in [0.717, 1.165) is 42.8 Å². The second kappa shape index (κ2) is 11.8. The molecule has 4 atom stereocenters. The second-order valence-electron chi connectivity index (χ2n) is 10.9. The predicted octanol–water partition coefficient (Wildman–Crippen LogP) is 3.07. The van der Waals surface area contributed by atoms with Crippen LogP contribution in [0.5, 0.6) is 11.5 Å². The number of likely N-dealkylation sites (tertiary alicyclic amines) is 1. The minimum atomic E-state index is -0.243. The maximum absolute atomic E-state index is 13.6. The van der Waals surface area contributed by atoms with E-state index >= 15 is 0 Å². The number of nitrogens with one attached hydrogen (secondary N) is 3. The predicted molar refractivity (Wildman–Crippen MR) is 156 cm³/mol. The molecule has 0 radical (unpaired) electrons. The van der Waals surface area contributed by atoms with E-state index in [1.165, 1.54) is 11.8 Å². The van der Waals surface area contributed by atoms with Gasteiger partial charge in [-0.1, -0.05) is 30.0 Å². The molecule has 3 fully saturated rings. The molecule has 6 rings (SSSR count). The smallest absolute Gasteiger partial charge is 0.326 e. The third-order valence-corrected chi connectivity index (χ3v) is 9.54. The summed E-state index contributed by atoms with van der Waals surface area (Å²) < 4.78 is 6.00. The van der Waals surface area contributed by atoms with Crippen LogP contribution >= 0.6 is 11.8 Å². The van der Waals surface area contributed by atoms with Gasteiger partial charge in [-0.2, -0.15) is 0 Å². The highest BCUT2D eigenvalue weighted by molar-refractivity contribution is 8.04. The Morgan fingerprint density at radius 1 is 1.15 bits per heavy atom. The van der Waals surface area contributed by atoms with Gasteiger partial charge in [0.2, 0.25) is 5.91 Å². The van der Waals surface area contributed by atoms with Crippen LogP contribution in [-0.4, -0.2) is 71.6 Å². The molecule has 0 aromatic heterocycles. The minimum Gasteiger partial charge on any atom is -0.457 e. The van der Waals surface area contributed by atoms with Crippen molar-refractivity contribution in [2.75, 3.05) is 31.1 Å². The van der Waals surface area contributed by atoms with Gasteiger partial charge >= 0.3 is 6.03 Å². The van der Waals surface area contributed by atoms with Crippen molar-refractivity contribution in [2.45, 2.75) is 50.1 Å². The minimum absolute atomic E-state index is 0.0254. The Kier molecular flexibility index (Phi) is 7.92. The number of ether oxygens (including phenoxy) is 1. The molecule has 41 heavy (non-hydrogen) atoms. The molecule has 0 aliphatic carbocycles. The zero-order chi connectivity index (χ0) is 28.5. The fraction of sp³-hybridized carbons (Fsp3) is 0.433. The molecule has 0 spiro atoms. The average molecular weight is 578 g/mol. The topological polar surface area (TPSA) is 123 Å². The molecule has 0 bridgehead atoms. The number of amides is 4. The Balaban J connectivity index is 1.20. The van der Waals surface area contributed by atoms with E-state index in [4.69, 9.17) is 9.84 Å². The molecule has 4 aliphatic heterocycles. The number of rotatable bonds is 7. The van der Waals surface area contributed by atoms with Crippen LogP contribution in [0.1, 0.15) is 31.2 Å². The van der Waals surface area contributed by atoms with Crippen molar-refractivity contribution >= 4 is 35.3 Å². The number of urea groups is 1. The van der Waals surface area contributed by atoms with Gasteiger partial charge in [-0.3, -0.25) is 14.5 Å². The van der Waals surface area contributed by atoms with Crippen molar-refractivity contribution in [1.82, 2.24) is 20.9 Å². The van der Waals surface area contributed by atoms with E-state index in [2.05, 4.69) is 16.0 Å². The molecule has 3 unspecified atom stereocenters. The first-order valence-electron chi connectivity index (χ1n) is 14.2. The van der Waals surface area contributed by atoms with Gasteiger partial charge in [0.25, 0.3) is 5.91 Å². The molecule has 11 heteroatoms. The normalized spacial score (nSPS) is 25.5. The monoisotopic (exact) mass is 577 g/mol. The van der Waals surface area contributed by atoms with E-state index in [1.807, 2.05) is 60.4 Å².